The van der Waals surface area contributed by atoms with Gasteiger partial charge in [-0.25, -0.2) is 0 Å². The molecule has 0 amide bonds. The summed E-state index contributed by atoms with van der Waals surface area (Å²) < 4.78 is 0. The van der Waals surface area contributed by atoms with Crippen LogP contribution in [0.1, 0.15) is 0 Å². The van der Waals surface area contributed by atoms with Gasteiger partial charge in [-0.3, -0.25) is 10.7 Å². The number of nitrogens with two attached hydrogens (primary N) is 4. The van der Waals surface area contributed by atoms with Crippen molar-refractivity contribution in [2.45, 2.75) is 0 Å². The minimum absolute atomic E-state index is 0.00556. The summed E-state index contributed by atoms with van der Waals surface area (Å²) in [5, 5.41) is 17.9. The van der Waals surface area contributed by atoms with E-state index in [-0.39, 0.29) is 28.4 Å². The second-order valence-corrected chi connectivity index (χ2v) is 2.49. The molecule has 1 aromatic rings. The van der Waals surface area contributed by atoms with Gasteiger partial charge in [0.25, 0.3) is 0 Å². The van der Waals surface area contributed by atoms with E-state index in [4.69, 9.17) is 28.1 Å². The first-order chi connectivity index (χ1) is 6.00. The van der Waals surface area contributed by atoms with E-state index in [0.29, 0.717) is 0 Å². The molecule has 0 saturated heterocycles. The molecule has 0 fully saturated rings. The van der Waals surface area contributed by atoms with Gasteiger partial charge in [-0.05, 0) is 0 Å². The van der Waals surface area contributed by atoms with E-state index in [1.54, 1.807) is 5.48 Å². The predicted molar refractivity (Wildman–Crippen MR) is 51.2 cm³/mol. The van der Waals surface area contributed by atoms with Crippen molar-refractivity contribution in [2.75, 3.05) is 28.4 Å². The van der Waals surface area contributed by atoms with E-state index in [0.717, 1.165) is 0 Å². The lowest BCUT2D eigenvalue weighted by Gasteiger charge is -2.14. The number of nitrogens with one attached hydrogen (secondary N) is 1. The smallest absolute Gasteiger partial charge is 0.168 e. The van der Waals surface area contributed by atoms with Gasteiger partial charge in [0.1, 0.15) is 11.4 Å². The van der Waals surface area contributed by atoms with Crippen LogP contribution >= 0.6 is 0 Å². The third kappa shape index (κ3) is 1.11. The molecule has 1 aromatic carbocycles. The molecule has 0 saturated carbocycles. The Morgan fingerprint density at radius 2 is 1.31 bits per heavy atom. The fourth-order valence-electron chi connectivity index (χ4n) is 0.928. The first-order valence-corrected chi connectivity index (χ1v) is 3.35. The van der Waals surface area contributed by atoms with Crippen molar-refractivity contribution >= 4 is 28.4 Å². The zero-order chi connectivity index (χ0) is 10.2. The number of phenols is 1. The summed E-state index contributed by atoms with van der Waals surface area (Å²) in [5.41, 5.74) is 23.0. The standard InChI is InChI=1S/C6H11N5O2/c7-1-2(8)4(10)6(12)5(11-13)3(1)9/h11-13H,7-10H2. The van der Waals surface area contributed by atoms with Gasteiger partial charge in [-0.15, -0.1) is 0 Å². The van der Waals surface area contributed by atoms with E-state index in [2.05, 4.69) is 0 Å². The number of aromatic hydroxyl groups is 1. The molecule has 1 rings (SSSR count). The highest BCUT2D eigenvalue weighted by molar-refractivity contribution is 5.98. The lowest BCUT2D eigenvalue weighted by Crippen LogP contribution is -2.07. The Morgan fingerprint density at radius 3 is 1.77 bits per heavy atom. The highest BCUT2D eigenvalue weighted by Crippen LogP contribution is 2.44. The summed E-state index contributed by atoms with van der Waals surface area (Å²) in [5.74, 6) is -0.424. The third-order valence-corrected chi connectivity index (χ3v) is 1.74. The van der Waals surface area contributed by atoms with Crippen LogP contribution in [0.15, 0.2) is 0 Å². The van der Waals surface area contributed by atoms with E-state index < -0.39 is 5.75 Å². The average Bonchev–Trinajstić information content (AvgIpc) is 2.13. The Balaban J connectivity index is 3.56. The van der Waals surface area contributed by atoms with Crippen molar-refractivity contribution in [3.8, 4) is 5.75 Å². The first kappa shape index (κ1) is 9.07. The van der Waals surface area contributed by atoms with E-state index in [9.17, 15) is 5.11 Å². The fourth-order valence-corrected chi connectivity index (χ4v) is 0.928. The van der Waals surface area contributed by atoms with Gasteiger partial charge >= 0.3 is 0 Å². The molecule has 7 nitrogen and oxygen atoms in total. The molecule has 13 heavy (non-hydrogen) atoms. The normalized spacial score (nSPS) is 9.92. The maximum Gasteiger partial charge on any atom is 0.168 e. The second-order valence-electron chi connectivity index (χ2n) is 2.49. The molecule has 0 spiro atoms. The molecule has 0 unspecified atom stereocenters. The third-order valence-electron chi connectivity index (χ3n) is 1.74. The lowest BCUT2D eigenvalue weighted by molar-refractivity contribution is 0.382. The Bertz CT molecular complexity index is 322. The summed E-state index contributed by atoms with van der Waals surface area (Å²) in [7, 11) is 0. The van der Waals surface area contributed by atoms with Crippen molar-refractivity contribution < 1.29 is 10.3 Å². The van der Waals surface area contributed by atoms with Gasteiger partial charge < -0.3 is 28.0 Å². The number of phenolic OH excluding ortho intramolecular Hbond substituents is 1. The van der Waals surface area contributed by atoms with Crippen molar-refractivity contribution in [3.63, 3.8) is 0 Å². The van der Waals surface area contributed by atoms with E-state index in [1.165, 1.54) is 0 Å². The Morgan fingerprint density at radius 1 is 0.846 bits per heavy atom. The summed E-state index contributed by atoms with van der Waals surface area (Å²) in [6.07, 6.45) is 0. The Labute approximate surface area is 73.9 Å². The second kappa shape index (κ2) is 2.79. The van der Waals surface area contributed by atoms with Crippen LogP contribution in [0.3, 0.4) is 0 Å². The number of anilines is 5. The van der Waals surface area contributed by atoms with E-state index in [1.807, 2.05) is 0 Å². The van der Waals surface area contributed by atoms with Gasteiger partial charge in [0.15, 0.2) is 5.75 Å². The van der Waals surface area contributed by atoms with E-state index >= 15 is 0 Å². The highest BCUT2D eigenvalue weighted by atomic mass is 16.5. The van der Waals surface area contributed by atoms with Gasteiger partial charge in [-0.1, -0.05) is 0 Å². The fraction of sp³-hybridized carbons (Fsp3) is 0. The highest BCUT2D eigenvalue weighted by Gasteiger charge is 2.16. The van der Waals surface area contributed by atoms with Gasteiger partial charge in [-0.2, -0.15) is 0 Å². The van der Waals surface area contributed by atoms with Crippen LogP contribution in [0.5, 0.6) is 5.75 Å². The number of benzene rings is 1. The topological polar surface area (TPSA) is 157 Å². The van der Waals surface area contributed by atoms with Crippen LogP contribution in [0.2, 0.25) is 0 Å². The molecule has 7 heteroatoms. The minimum Gasteiger partial charge on any atom is -0.504 e. The SMILES string of the molecule is Nc1c(N)c(N)c(NO)c(O)c1N. The van der Waals surface area contributed by atoms with Crippen LogP contribution in [0, 0.1) is 0 Å². The Hall–Kier alpha value is -2.02. The molecule has 0 aliphatic rings. The largest absolute Gasteiger partial charge is 0.504 e. The van der Waals surface area contributed by atoms with Crippen molar-refractivity contribution in [1.29, 1.82) is 0 Å². The van der Waals surface area contributed by atoms with Crippen molar-refractivity contribution in [2.24, 2.45) is 0 Å². The number of rotatable bonds is 1. The summed E-state index contributed by atoms with van der Waals surface area (Å²) >= 11 is 0. The van der Waals surface area contributed by atoms with Gasteiger partial charge in [0, 0.05) is 0 Å². The molecule has 0 atom stereocenters. The van der Waals surface area contributed by atoms with Gasteiger partial charge in [0.05, 0.1) is 17.1 Å². The molecule has 0 aliphatic heterocycles. The molecular weight excluding hydrogens is 174 g/mol. The summed E-state index contributed by atoms with van der Waals surface area (Å²) in [6.45, 7) is 0. The van der Waals surface area contributed by atoms with Crippen LogP contribution in [-0.4, -0.2) is 10.3 Å². The van der Waals surface area contributed by atoms with Crippen LogP contribution in [0.25, 0.3) is 0 Å². The van der Waals surface area contributed by atoms with Crippen LogP contribution in [-0.2, 0) is 0 Å². The van der Waals surface area contributed by atoms with Crippen LogP contribution in [0.4, 0.5) is 28.4 Å². The molecule has 0 aliphatic carbocycles. The van der Waals surface area contributed by atoms with Crippen molar-refractivity contribution in [3.05, 3.63) is 0 Å². The van der Waals surface area contributed by atoms with Crippen molar-refractivity contribution in [1.82, 2.24) is 0 Å². The number of hydrogen-bond donors (Lipinski definition) is 7. The predicted octanol–water partition coefficient (Wildman–Crippen LogP) is -0.478. The number of hydrogen-bond acceptors (Lipinski definition) is 7. The summed E-state index contributed by atoms with van der Waals surface area (Å²) in [4.78, 5) is 0. The molecule has 0 aromatic heterocycles. The zero-order valence-electron chi connectivity index (χ0n) is 6.70. The number of nitrogen functional groups attached to an aromatic ring is 4. The maximum atomic E-state index is 9.32. The molecule has 72 valence electrons. The van der Waals surface area contributed by atoms with Gasteiger partial charge in [0.2, 0.25) is 0 Å². The Kier molecular flexibility index (Phi) is 1.95. The molecule has 0 bridgehead atoms. The quantitative estimate of drug-likeness (QED) is 0.135. The molecule has 0 radical (unpaired) electrons. The molecule has 0 heterocycles. The molecule has 11 N–H and O–H groups in total. The monoisotopic (exact) mass is 185 g/mol. The lowest BCUT2D eigenvalue weighted by atomic mass is 10.1. The van der Waals surface area contributed by atoms with Crippen LogP contribution < -0.4 is 28.4 Å². The zero-order valence-corrected chi connectivity index (χ0v) is 6.70. The molecular formula is C6H11N5O2. The maximum absolute atomic E-state index is 9.32. The summed E-state index contributed by atoms with van der Waals surface area (Å²) in [6, 6.07) is 0. The average molecular weight is 185 g/mol. The minimum atomic E-state index is -0.424. The first-order valence-electron chi connectivity index (χ1n) is 3.35.